The molecule has 0 fully saturated rings. The number of aromatic nitrogens is 2. The van der Waals surface area contributed by atoms with Crippen LogP contribution < -0.4 is 17.0 Å². The Morgan fingerprint density at radius 2 is 1.84 bits per heavy atom. The lowest BCUT2D eigenvalue weighted by molar-refractivity contribution is -0.384. The molecule has 2 aromatic heterocycles. The number of nitrogens with zero attached hydrogens (tertiary/aromatic N) is 3. The van der Waals surface area contributed by atoms with Crippen molar-refractivity contribution >= 4 is 11.3 Å². The van der Waals surface area contributed by atoms with Crippen molar-refractivity contribution in [1.29, 1.82) is 0 Å². The minimum atomic E-state index is -0.409. The number of hydrogen-bond acceptors (Lipinski definition) is 3. The maximum absolute atomic E-state index is 10.6. The van der Waals surface area contributed by atoms with Crippen molar-refractivity contribution in [2.75, 3.05) is 0 Å². The highest BCUT2D eigenvalue weighted by atomic mass is 79.9. The molecule has 0 saturated carbocycles. The van der Waals surface area contributed by atoms with E-state index in [1.54, 1.807) is 12.1 Å². The second kappa shape index (κ2) is 5.19. The maximum atomic E-state index is 10.6. The highest BCUT2D eigenvalue weighted by Gasteiger charge is 2.07. The lowest BCUT2D eigenvalue weighted by atomic mass is 10.1. The van der Waals surface area contributed by atoms with Gasteiger partial charge < -0.3 is 21.4 Å². The molecule has 2 heterocycles. The summed E-state index contributed by atoms with van der Waals surface area (Å²) in [5.74, 6) is 0. The first-order valence-electron chi connectivity index (χ1n) is 5.42. The van der Waals surface area contributed by atoms with E-state index in [-0.39, 0.29) is 22.7 Å². The summed E-state index contributed by atoms with van der Waals surface area (Å²) in [4.78, 5) is 14.6. The van der Waals surface area contributed by atoms with Crippen molar-refractivity contribution in [1.82, 2.24) is 9.38 Å². The van der Waals surface area contributed by atoms with Gasteiger partial charge in [-0.15, -0.1) is 0 Å². The van der Waals surface area contributed by atoms with Crippen molar-refractivity contribution in [2.45, 2.75) is 0 Å². The Morgan fingerprint density at radius 3 is 2.47 bits per heavy atom. The summed E-state index contributed by atoms with van der Waals surface area (Å²) in [5, 5.41) is 10.6. The van der Waals surface area contributed by atoms with Crippen LogP contribution in [0, 0.1) is 10.1 Å². The van der Waals surface area contributed by atoms with Crippen LogP contribution in [0.2, 0.25) is 0 Å². The molecule has 0 aliphatic carbocycles. The van der Waals surface area contributed by atoms with Crippen LogP contribution in [0.4, 0.5) is 5.69 Å². The van der Waals surface area contributed by atoms with Gasteiger partial charge in [-0.3, -0.25) is 10.1 Å². The molecule has 0 aliphatic rings. The monoisotopic (exact) mass is 318 g/mol. The number of pyridine rings is 1. The van der Waals surface area contributed by atoms with Crippen LogP contribution in [0.25, 0.3) is 16.9 Å². The number of imidazole rings is 1. The number of nitro benzene ring substituents is 1. The largest absolute Gasteiger partial charge is 1.00 e. The molecular weight excluding hydrogens is 310 g/mol. The Balaban J connectivity index is 0.00000133. The van der Waals surface area contributed by atoms with Crippen LogP contribution in [-0.4, -0.2) is 14.3 Å². The van der Waals surface area contributed by atoms with Crippen LogP contribution >= 0.6 is 0 Å². The van der Waals surface area contributed by atoms with E-state index >= 15 is 0 Å². The predicted molar refractivity (Wildman–Crippen MR) is 67.3 cm³/mol. The fourth-order valence-corrected chi connectivity index (χ4v) is 1.83. The Morgan fingerprint density at radius 1 is 1.11 bits per heavy atom. The van der Waals surface area contributed by atoms with Crippen LogP contribution in [0.3, 0.4) is 0 Å². The van der Waals surface area contributed by atoms with Gasteiger partial charge in [0.2, 0.25) is 0 Å². The van der Waals surface area contributed by atoms with E-state index in [9.17, 15) is 10.1 Å². The summed E-state index contributed by atoms with van der Waals surface area (Å²) >= 11 is 0. The smallest absolute Gasteiger partial charge is 0.269 e. The summed E-state index contributed by atoms with van der Waals surface area (Å²) in [7, 11) is 0. The van der Waals surface area contributed by atoms with Gasteiger partial charge in [0.25, 0.3) is 5.69 Å². The van der Waals surface area contributed by atoms with Gasteiger partial charge in [0.05, 0.1) is 10.6 Å². The predicted octanol–water partition coefficient (Wildman–Crippen LogP) is -0.0865. The lowest BCUT2D eigenvalue weighted by Gasteiger charge is -1.95. The fraction of sp³-hybridized carbons (Fsp3) is 0. The first kappa shape index (κ1) is 13.2. The van der Waals surface area contributed by atoms with Gasteiger partial charge in [-0.05, 0) is 24.3 Å². The number of halogens is 1. The zero-order valence-electron chi connectivity index (χ0n) is 9.73. The second-order valence-corrected chi connectivity index (χ2v) is 3.90. The minimum Gasteiger partial charge on any atom is -1.00 e. The molecule has 0 bridgehead atoms. The molecule has 0 spiro atoms. The molecule has 3 rings (SSSR count). The number of non-ortho nitro benzene ring substituents is 1. The summed E-state index contributed by atoms with van der Waals surface area (Å²) in [6, 6.07) is 12.1. The normalized spacial score (nSPS) is 10.1. The van der Waals surface area contributed by atoms with Crippen LogP contribution in [0.1, 0.15) is 0 Å². The number of benzene rings is 1. The van der Waals surface area contributed by atoms with Gasteiger partial charge >= 0.3 is 0 Å². The topological polar surface area (TPSA) is 60.4 Å². The molecule has 0 atom stereocenters. The maximum Gasteiger partial charge on any atom is 0.269 e. The Labute approximate surface area is 119 Å². The van der Waals surface area contributed by atoms with Gasteiger partial charge in [-0.25, -0.2) is 4.98 Å². The first-order chi connectivity index (χ1) is 8.74. The minimum absolute atomic E-state index is 0. The zero-order valence-corrected chi connectivity index (χ0v) is 11.3. The zero-order chi connectivity index (χ0) is 12.5. The first-order valence-corrected chi connectivity index (χ1v) is 5.42. The fourth-order valence-electron chi connectivity index (χ4n) is 1.83. The summed E-state index contributed by atoms with van der Waals surface area (Å²) in [5.41, 5.74) is 2.61. The third-order valence-corrected chi connectivity index (χ3v) is 2.74. The Kier molecular flexibility index (Phi) is 3.62. The number of fused-ring (bicyclic) bond motifs is 1. The van der Waals surface area contributed by atoms with E-state index in [0.29, 0.717) is 0 Å². The number of rotatable bonds is 2. The van der Waals surface area contributed by atoms with E-state index in [1.807, 2.05) is 35.0 Å². The highest BCUT2D eigenvalue weighted by Crippen LogP contribution is 2.21. The molecule has 0 saturated heterocycles. The van der Waals surface area contributed by atoms with E-state index in [1.165, 1.54) is 12.1 Å². The summed E-state index contributed by atoms with van der Waals surface area (Å²) in [6.07, 6.45) is 3.81. The molecule has 96 valence electrons. The Bertz CT molecular complexity index is 689. The summed E-state index contributed by atoms with van der Waals surface area (Å²) < 4.78 is 1.91. The average Bonchev–Trinajstić information content (AvgIpc) is 2.82. The number of hydrogen-bond donors (Lipinski definition) is 0. The van der Waals surface area contributed by atoms with Crippen molar-refractivity contribution in [3.8, 4) is 11.3 Å². The van der Waals surface area contributed by atoms with Gasteiger partial charge in [0.1, 0.15) is 5.65 Å². The molecule has 0 amide bonds. The molecule has 0 aliphatic heterocycles. The van der Waals surface area contributed by atoms with Gasteiger partial charge in [-0.1, -0.05) is 6.07 Å². The molecule has 3 aromatic rings. The van der Waals surface area contributed by atoms with Crippen LogP contribution in [0.5, 0.6) is 0 Å². The Hall–Kier alpha value is -2.21. The average molecular weight is 319 g/mol. The van der Waals surface area contributed by atoms with E-state index in [2.05, 4.69) is 4.98 Å². The van der Waals surface area contributed by atoms with E-state index in [4.69, 9.17) is 0 Å². The standard InChI is InChI=1S/C13H9N3O2.BrH/c17-16(18)11-6-4-10(5-7-11)12-9-15-8-2-1-3-13(15)14-12;/h1-9H;1H/p-1. The molecule has 5 nitrogen and oxygen atoms in total. The van der Waals surface area contributed by atoms with Crippen molar-refractivity contribution < 1.29 is 21.9 Å². The molecular formula is C13H9BrN3O2-. The third-order valence-electron chi connectivity index (χ3n) is 2.74. The van der Waals surface area contributed by atoms with Gasteiger partial charge in [0, 0.05) is 30.1 Å². The van der Waals surface area contributed by atoms with Gasteiger partial charge in [0.15, 0.2) is 0 Å². The van der Waals surface area contributed by atoms with Crippen molar-refractivity contribution in [3.63, 3.8) is 0 Å². The molecule has 0 unspecified atom stereocenters. The van der Waals surface area contributed by atoms with Crippen molar-refractivity contribution in [2.24, 2.45) is 0 Å². The highest BCUT2D eigenvalue weighted by molar-refractivity contribution is 5.63. The molecule has 0 N–H and O–H groups in total. The second-order valence-electron chi connectivity index (χ2n) is 3.90. The van der Waals surface area contributed by atoms with Gasteiger partial charge in [-0.2, -0.15) is 0 Å². The summed E-state index contributed by atoms with van der Waals surface area (Å²) in [6.45, 7) is 0. The van der Waals surface area contributed by atoms with Crippen LogP contribution in [0.15, 0.2) is 54.9 Å². The molecule has 6 heteroatoms. The van der Waals surface area contributed by atoms with E-state index < -0.39 is 4.92 Å². The van der Waals surface area contributed by atoms with E-state index in [0.717, 1.165) is 16.9 Å². The lowest BCUT2D eigenvalue weighted by Crippen LogP contribution is -3.00. The SMILES string of the molecule is O=[N+]([O-])c1ccc(-c2cn3ccccc3n2)cc1.[Br-]. The molecule has 1 aromatic carbocycles. The molecule has 0 radical (unpaired) electrons. The van der Waals surface area contributed by atoms with Crippen LogP contribution in [-0.2, 0) is 0 Å². The quantitative estimate of drug-likeness (QED) is 0.490. The molecule has 19 heavy (non-hydrogen) atoms. The van der Waals surface area contributed by atoms with Crippen molar-refractivity contribution in [3.05, 3.63) is 65.0 Å². The number of nitro groups is 1. The third kappa shape index (κ3) is 2.48.